The van der Waals surface area contributed by atoms with E-state index in [4.69, 9.17) is 0 Å². The molecule has 1 aliphatic heterocycles. The molecule has 0 spiro atoms. The van der Waals surface area contributed by atoms with E-state index in [0.29, 0.717) is 12.5 Å². The van der Waals surface area contributed by atoms with E-state index >= 15 is 0 Å². The molecule has 0 aromatic carbocycles. The Morgan fingerprint density at radius 1 is 1.59 bits per heavy atom. The second-order valence-electron chi connectivity index (χ2n) is 4.60. The maximum atomic E-state index is 11.8. The van der Waals surface area contributed by atoms with Crippen LogP contribution >= 0.6 is 11.3 Å². The molecule has 0 saturated carbocycles. The summed E-state index contributed by atoms with van der Waals surface area (Å²) in [5, 5.41) is 16.2. The molecule has 1 aromatic rings. The minimum atomic E-state index is 0.118. The zero-order chi connectivity index (χ0) is 12.3. The van der Waals surface area contributed by atoms with Crippen molar-refractivity contribution in [2.75, 3.05) is 13.1 Å². The van der Waals surface area contributed by atoms with Crippen molar-refractivity contribution in [2.45, 2.75) is 32.7 Å². The van der Waals surface area contributed by atoms with Gasteiger partial charge in [-0.1, -0.05) is 25.2 Å². The zero-order valence-electron chi connectivity index (χ0n) is 10.2. The number of rotatable bonds is 4. The van der Waals surface area contributed by atoms with Crippen LogP contribution in [0.15, 0.2) is 0 Å². The molecule has 5 nitrogen and oxygen atoms in total. The summed E-state index contributed by atoms with van der Waals surface area (Å²) in [5.41, 5.74) is 0. The average molecular weight is 254 g/mol. The van der Waals surface area contributed by atoms with E-state index in [1.807, 2.05) is 0 Å². The Kier molecular flexibility index (Phi) is 4.06. The Bertz CT molecular complexity index is 385. The normalized spacial score (nSPS) is 19.8. The van der Waals surface area contributed by atoms with Crippen LogP contribution < -0.4 is 10.6 Å². The molecule has 6 heteroatoms. The van der Waals surface area contributed by atoms with Gasteiger partial charge < -0.3 is 10.6 Å². The van der Waals surface area contributed by atoms with Crippen molar-refractivity contribution in [1.29, 1.82) is 0 Å². The lowest BCUT2D eigenvalue weighted by atomic mass is 10.1. The third kappa shape index (κ3) is 3.23. The monoisotopic (exact) mass is 254 g/mol. The van der Waals surface area contributed by atoms with Crippen LogP contribution in [-0.4, -0.2) is 29.2 Å². The third-order valence-electron chi connectivity index (χ3n) is 2.82. The largest absolute Gasteiger partial charge is 0.349 e. The summed E-state index contributed by atoms with van der Waals surface area (Å²) >= 11 is 1.57. The van der Waals surface area contributed by atoms with Gasteiger partial charge in [-0.3, -0.25) is 4.79 Å². The summed E-state index contributed by atoms with van der Waals surface area (Å²) in [6.07, 6.45) is 0.930. The van der Waals surface area contributed by atoms with Crippen molar-refractivity contribution in [1.82, 2.24) is 20.8 Å². The maximum Gasteiger partial charge on any atom is 0.224 e. The van der Waals surface area contributed by atoms with Crippen LogP contribution in [0, 0.1) is 5.92 Å². The van der Waals surface area contributed by atoms with Crippen LogP contribution in [0.4, 0.5) is 0 Å². The van der Waals surface area contributed by atoms with Gasteiger partial charge in [0, 0.05) is 12.5 Å². The number of carbonyl (C=O) groups excluding carboxylic acids is 1. The van der Waals surface area contributed by atoms with E-state index in [-0.39, 0.29) is 11.8 Å². The molecule has 2 rings (SSSR count). The SMILES string of the molecule is CC(C)c1nnc(CNC(=O)C2CCNC2)s1. The number of hydrogen-bond donors (Lipinski definition) is 2. The topological polar surface area (TPSA) is 66.9 Å². The average Bonchev–Trinajstić information content (AvgIpc) is 2.97. The lowest BCUT2D eigenvalue weighted by Crippen LogP contribution is -2.31. The smallest absolute Gasteiger partial charge is 0.224 e. The first-order chi connectivity index (χ1) is 8.16. The van der Waals surface area contributed by atoms with E-state index in [0.717, 1.165) is 29.5 Å². The van der Waals surface area contributed by atoms with Crippen molar-refractivity contribution in [3.8, 4) is 0 Å². The Morgan fingerprint density at radius 2 is 2.41 bits per heavy atom. The van der Waals surface area contributed by atoms with Crippen molar-refractivity contribution in [2.24, 2.45) is 5.92 Å². The van der Waals surface area contributed by atoms with Crippen LogP contribution in [-0.2, 0) is 11.3 Å². The highest BCUT2D eigenvalue weighted by molar-refractivity contribution is 7.11. The summed E-state index contributed by atoms with van der Waals surface area (Å²) in [5.74, 6) is 0.639. The van der Waals surface area contributed by atoms with Crippen molar-refractivity contribution in [3.63, 3.8) is 0 Å². The fraction of sp³-hybridized carbons (Fsp3) is 0.727. The van der Waals surface area contributed by atoms with Gasteiger partial charge in [0.15, 0.2) is 0 Å². The molecule has 1 atom stereocenters. The number of nitrogens with one attached hydrogen (secondary N) is 2. The van der Waals surface area contributed by atoms with Gasteiger partial charge >= 0.3 is 0 Å². The van der Waals surface area contributed by atoms with Crippen molar-refractivity contribution in [3.05, 3.63) is 10.0 Å². The first-order valence-corrected chi connectivity index (χ1v) is 6.79. The summed E-state index contributed by atoms with van der Waals surface area (Å²) in [4.78, 5) is 11.8. The third-order valence-corrected chi connectivity index (χ3v) is 4.05. The van der Waals surface area contributed by atoms with Gasteiger partial charge in [0.05, 0.1) is 12.5 Å². The molecule has 2 heterocycles. The van der Waals surface area contributed by atoms with Crippen LogP contribution in [0.1, 0.15) is 36.2 Å². The molecule has 0 aliphatic carbocycles. The lowest BCUT2D eigenvalue weighted by molar-refractivity contribution is -0.124. The minimum absolute atomic E-state index is 0.118. The van der Waals surface area contributed by atoms with Crippen LogP contribution in [0.5, 0.6) is 0 Å². The first-order valence-electron chi connectivity index (χ1n) is 5.97. The highest BCUT2D eigenvalue weighted by Crippen LogP contribution is 2.18. The quantitative estimate of drug-likeness (QED) is 0.837. The van der Waals surface area contributed by atoms with Gasteiger partial charge in [0.25, 0.3) is 0 Å². The fourth-order valence-corrected chi connectivity index (χ4v) is 2.54. The molecule has 1 aliphatic rings. The Morgan fingerprint density at radius 3 is 3.00 bits per heavy atom. The zero-order valence-corrected chi connectivity index (χ0v) is 11.0. The van der Waals surface area contributed by atoms with Gasteiger partial charge in [0.2, 0.25) is 5.91 Å². The molecule has 94 valence electrons. The fourth-order valence-electron chi connectivity index (χ4n) is 1.76. The molecular weight excluding hydrogens is 236 g/mol. The van der Waals surface area contributed by atoms with Gasteiger partial charge in [-0.25, -0.2) is 0 Å². The lowest BCUT2D eigenvalue weighted by Gasteiger charge is -2.07. The second kappa shape index (κ2) is 5.55. The summed E-state index contributed by atoms with van der Waals surface area (Å²) < 4.78 is 0. The molecule has 0 bridgehead atoms. The van der Waals surface area contributed by atoms with Gasteiger partial charge in [-0.15, -0.1) is 10.2 Å². The molecule has 1 fully saturated rings. The van der Waals surface area contributed by atoms with Gasteiger partial charge in [-0.2, -0.15) is 0 Å². The second-order valence-corrected chi connectivity index (χ2v) is 5.69. The predicted molar refractivity (Wildman–Crippen MR) is 66.8 cm³/mol. The van der Waals surface area contributed by atoms with Crippen LogP contribution in [0.2, 0.25) is 0 Å². The number of nitrogens with zero attached hydrogens (tertiary/aromatic N) is 2. The predicted octanol–water partition coefficient (Wildman–Crippen LogP) is 0.887. The summed E-state index contributed by atoms with van der Waals surface area (Å²) in [6, 6.07) is 0. The molecule has 1 amide bonds. The molecule has 0 radical (unpaired) electrons. The van der Waals surface area contributed by atoms with Crippen LogP contribution in [0.3, 0.4) is 0 Å². The van der Waals surface area contributed by atoms with Gasteiger partial charge in [-0.05, 0) is 13.0 Å². The highest BCUT2D eigenvalue weighted by Gasteiger charge is 2.22. The summed E-state index contributed by atoms with van der Waals surface area (Å²) in [6.45, 7) is 6.41. The molecule has 17 heavy (non-hydrogen) atoms. The Labute approximate surface area is 105 Å². The van der Waals surface area contributed by atoms with Crippen molar-refractivity contribution >= 4 is 17.2 Å². The molecule has 1 unspecified atom stereocenters. The Hall–Kier alpha value is -1.01. The van der Waals surface area contributed by atoms with E-state index in [1.165, 1.54) is 0 Å². The van der Waals surface area contributed by atoms with E-state index < -0.39 is 0 Å². The maximum absolute atomic E-state index is 11.8. The van der Waals surface area contributed by atoms with Crippen LogP contribution in [0.25, 0.3) is 0 Å². The molecule has 1 saturated heterocycles. The number of aromatic nitrogens is 2. The van der Waals surface area contributed by atoms with E-state index in [9.17, 15) is 4.79 Å². The first kappa shape index (κ1) is 12.4. The van der Waals surface area contributed by atoms with Crippen molar-refractivity contribution < 1.29 is 4.79 Å². The number of hydrogen-bond acceptors (Lipinski definition) is 5. The summed E-state index contributed by atoms with van der Waals surface area (Å²) in [7, 11) is 0. The van der Waals surface area contributed by atoms with Gasteiger partial charge in [0.1, 0.15) is 10.0 Å². The number of carbonyl (C=O) groups is 1. The van der Waals surface area contributed by atoms with E-state index in [1.54, 1.807) is 11.3 Å². The Balaban J connectivity index is 1.82. The standard InChI is InChI=1S/C11H18N4OS/c1-7(2)11-15-14-9(17-11)6-13-10(16)8-3-4-12-5-8/h7-8,12H,3-6H2,1-2H3,(H,13,16). The molecular formula is C11H18N4OS. The number of amides is 1. The molecule has 2 N–H and O–H groups in total. The minimum Gasteiger partial charge on any atom is -0.349 e. The van der Waals surface area contributed by atoms with E-state index in [2.05, 4.69) is 34.7 Å². The highest BCUT2D eigenvalue weighted by atomic mass is 32.1. The molecule has 1 aromatic heterocycles.